The first-order valence-electron chi connectivity index (χ1n) is 6.60. The molecule has 0 aliphatic rings. The van der Waals surface area contributed by atoms with Crippen molar-refractivity contribution in [3.63, 3.8) is 0 Å². The molecule has 4 heteroatoms. The number of anilines is 2. The molecule has 108 valence electrons. The average Bonchev–Trinajstić information content (AvgIpc) is 2.50. The molecular formula is C17H17NO3. The molecule has 2 rings (SSSR count). The molecule has 4 nitrogen and oxygen atoms in total. The van der Waals surface area contributed by atoms with E-state index >= 15 is 0 Å². The van der Waals surface area contributed by atoms with E-state index in [2.05, 4.69) is 4.74 Å². The van der Waals surface area contributed by atoms with E-state index < -0.39 is 11.9 Å². The van der Waals surface area contributed by atoms with Crippen molar-refractivity contribution in [3.8, 4) is 0 Å². The molecule has 0 heterocycles. The number of esters is 1. The van der Waals surface area contributed by atoms with Crippen LogP contribution in [-0.2, 0) is 14.3 Å². The van der Waals surface area contributed by atoms with E-state index in [1.807, 2.05) is 62.4 Å². The Balaban J connectivity index is 2.61. The van der Waals surface area contributed by atoms with E-state index in [9.17, 15) is 9.59 Å². The van der Waals surface area contributed by atoms with Crippen molar-refractivity contribution in [2.45, 2.75) is 13.8 Å². The van der Waals surface area contributed by atoms with Gasteiger partial charge in [0.15, 0.2) is 0 Å². The van der Waals surface area contributed by atoms with Crippen LogP contribution >= 0.6 is 0 Å². The van der Waals surface area contributed by atoms with Gasteiger partial charge in [-0.15, -0.1) is 0 Å². The van der Waals surface area contributed by atoms with E-state index in [1.165, 1.54) is 12.0 Å². The summed E-state index contributed by atoms with van der Waals surface area (Å²) >= 11 is 0. The van der Waals surface area contributed by atoms with Crippen LogP contribution in [0, 0.1) is 13.8 Å². The third-order valence-corrected chi connectivity index (χ3v) is 3.28. The zero-order valence-electron chi connectivity index (χ0n) is 12.3. The smallest absolute Gasteiger partial charge is 0.397 e. The molecule has 0 atom stereocenters. The Labute approximate surface area is 124 Å². The molecule has 0 bridgehead atoms. The Morgan fingerprint density at radius 3 is 1.67 bits per heavy atom. The zero-order chi connectivity index (χ0) is 15.4. The van der Waals surface area contributed by atoms with Crippen molar-refractivity contribution in [3.05, 3.63) is 59.7 Å². The molecule has 1 amide bonds. The highest BCUT2D eigenvalue weighted by molar-refractivity contribution is 6.40. The van der Waals surface area contributed by atoms with Crippen LogP contribution in [-0.4, -0.2) is 19.0 Å². The number of aryl methyl sites for hydroxylation is 2. The quantitative estimate of drug-likeness (QED) is 0.628. The van der Waals surface area contributed by atoms with Gasteiger partial charge in [-0.05, 0) is 37.1 Å². The molecule has 0 aromatic heterocycles. The fourth-order valence-corrected chi connectivity index (χ4v) is 2.16. The van der Waals surface area contributed by atoms with Gasteiger partial charge >= 0.3 is 11.9 Å². The predicted molar refractivity (Wildman–Crippen MR) is 81.5 cm³/mol. The fourth-order valence-electron chi connectivity index (χ4n) is 2.16. The van der Waals surface area contributed by atoms with Gasteiger partial charge in [-0.2, -0.15) is 0 Å². The maximum atomic E-state index is 12.4. The highest BCUT2D eigenvalue weighted by Gasteiger charge is 2.27. The maximum Gasteiger partial charge on any atom is 0.397 e. The Morgan fingerprint density at radius 1 is 0.857 bits per heavy atom. The molecule has 0 fully saturated rings. The molecule has 2 aromatic carbocycles. The van der Waals surface area contributed by atoms with Gasteiger partial charge < -0.3 is 4.74 Å². The topological polar surface area (TPSA) is 46.6 Å². The van der Waals surface area contributed by atoms with Gasteiger partial charge in [-0.25, -0.2) is 4.79 Å². The summed E-state index contributed by atoms with van der Waals surface area (Å²) in [7, 11) is 1.20. The molecule has 0 unspecified atom stereocenters. The first kappa shape index (κ1) is 14.8. The summed E-state index contributed by atoms with van der Waals surface area (Å²) in [4.78, 5) is 25.5. The number of nitrogens with zero attached hydrogens (tertiary/aromatic N) is 1. The Bertz CT molecular complexity index is 634. The normalized spacial score (nSPS) is 10.0. The number of methoxy groups -OCH3 is 1. The number of hydrogen-bond donors (Lipinski definition) is 0. The molecule has 0 radical (unpaired) electrons. The zero-order valence-corrected chi connectivity index (χ0v) is 12.3. The van der Waals surface area contributed by atoms with Crippen LogP contribution in [0.2, 0.25) is 0 Å². The van der Waals surface area contributed by atoms with Crippen molar-refractivity contribution >= 4 is 23.3 Å². The second kappa shape index (κ2) is 6.22. The minimum absolute atomic E-state index is 0.669. The van der Waals surface area contributed by atoms with Gasteiger partial charge in [0.05, 0.1) is 18.5 Å². The van der Waals surface area contributed by atoms with Crippen molar-refractivity contribution in [1.82, 2.24) is 0 Å². The molecule has 0 saturated heterocycles. The Morgan fingerprint density at radius 2 is 1.29 bits per heavy atom. The highest BCUT2D eigenvalue weighted by Crippen LogP contribution is 2.30. The van der Waals surface area contributed by atoms with E-state index in [1.54, 1.807) is 0 Å². The van der Waals surface area contributed by atoms with Gasteiger partial charge in [-0.1, -0.05) is 36.4 Å². The second-order valence-corrected chi connectivity index (χ2v) is 4.71. The molecule has 21 heavy (non-hydrogen) atoms. The van der Waals surface area contributed by atoms with Crippen LogP contribution in [0.15, 0.2) is 48.5 Å². The minimum Gasteiger partial charge on any atom is -0.462 e. The summed E-state index contributed by atoms with van der Waals surface area (Å²) in [6.45, 7) is 3.79. The number of benzene rings is 2. The fraction of sp³-hybridized carbons (Fsp3) is 0.176. The number of carbonyl (C=O) groups excluding carboxylic acids is 2. The number of amides is 1. The Kier molecular flexibility index (Phi) is 4.38. The van der Waals surface area contributed by atoms with E-state index in [0.717, 1.165) is 11.1 Å². The molecule has 0 spiro atoms. The number of ether oxygens (including phenoxy) is 1. The minimum atomic E-state index is -0.887. The number of rotatable bonds is 2. The average molecular weight is 283 g/mol. The van der Waals surface area contributed by atoms with Crippen molar-refractivity contribution in [2.24, 2.45) is 0 Å². The van der Waals surface area contributed by atoms with Crippen LogP contribution in [0.25, 0.3) is 0 Å². The lowest BCUT2D eigenvalue weighted by atomic mass is 10.1. The SMILES string of the molecule is COC(=O)C(=O)N(c1ccccc1C)c1ccccc1C. The lowest BCUT2D eigenvalue weighted by molar-refractivity contribution is -0.151. The van der Waals surface area contributed by atoms with E-state index in [-0.39, 0.29) is 0 Å². The molecule has 0 N–H and O–H groups in total. The van der Waals surface area contributed by atoms with Crippen LogP contribution in [0.1, 0.15) is 11.1 Å². The lowest BCUT2D eigenvalue weighted by Crippen LogP contribution is -2.34. The number of hydrogen-bond acceptors (Lipinski definition) is 3. The van der Waals surface area contributed by atoms with Gasteiger partial charge in [-0.3, -0.25) is 9.69 Å². The van der Waals surface area contributed by atoms with Crippen molar-refractivity contribution < 1.29 is 14.3 Å². The van der Waals surface area contributed by atoms with Crippen molar-refractivity contribution in [1.29, 1.82) is 0 Å². The number of carbonyl (C=O) groups is 2. The van der Waals surface area contributed by atoms with Crippen LogP contribution in [0.3, 0.4) is 0 Å². The van der Waals surface area contributed by atoms with Crippen LogP contribution < -0.4 is 4.90 Å². The van der Waals surface area contributed by atoms with Gasteiger partial charge in [0.2, 0.25) is 0 Å². The van der Waals surface area contributed by atoms with Gasteiger partial charge in [0, 0.05) is 0 Å². The van der Waals surface area contributed by atoms with Gasteiger partial charge in [0.1, 0.15) is 0 Å². The third-order valence-electron chi connectivity index (χ3n) is 3.28. The molecule has 0 saturated carbocycles. The standard InChI is InChI=1S/C17H17NO3/c1-12-8-4-6-10-14(12)18(16(19)17(20)21-3)15-11-7-5-9-13(15)2/h4-11H,1-3H3. The molecular weight excluding hydrogens is 266 g/mol. The summed E-state index contributed by atoms with van der Waals surface area (Å²) in [5.74, 6) is -1.59. The first-order chi connectivity index (χ1) is 10.1. The van der Waals surface area contributed by atoms with Crippen LogP contribution in [0.4, 0.5) is 11.4 Å². The lowest BCUT2D eigenvalue weighted by Gasteiger charge is -2.24. The van der Waals surface area contributed by atoms with Gasteiger partial charge in [0.25, 0.3) is 0 Å². The Hall–Kier alpha value is -2.62. The maximum absolute atomic E-state index is 12.4. The first-order valence-corrected chi connectivity index (χ1v) is 6.60. The number of para-hydroxylation sites is 2. The monoisotopic (exact) mass is 283 g/mol. The predicted octanol–water partition coefficient (Wildman–Crippen LogP) is 3.14. The third kappa shape index (κ3) is 2.94. The largest absolute Gasteiger partial charge is 0.462 e. The summed E-state index contributed by atoms with van der Waals surface area (Å²) in [5.41, 5.74) is 3.14. The van der Waals surface area contributed by atoms with E-state index in [0.29, 0.717) is 11.4 Å². The molecule has 0 aliphatic carbocycles. The summed E-state index contributed by atoms with van der Waals surface area (Å²) in [6.07, 6.45) is 0. The summed E-state index contributed by atoms with van der Waals surface area (Å²) in [5, 5.41) is 0. The highest BCUT2D eigenvalue weighted by atomic mass is 16.5. The molecule has 0 aliphatic heterocycles. The summed E-state index contributed by atoms with van der Waals surface area (Å²) in [6, 6.07) is 14.8. The van der Waals surface area contributed by atoms with Crippen molar-refractivity contribution in [2.75, 3.05) is 12.0 Å². The van der Waals surface area contributed by atoms with Crippen LogP contribution in [0.5, 0.6) is 0 Å². The molecule has 2 aromatic rings. The summed E-state index contributed by atoms with van der Waals surface area (Å²) < 4.78 is 4.59. The van der Waals surface area contributed by atoms with E-state index in [4.69, 9.17) is 0 Å². The second-order valence-electron chi connectivity index (χ2n) is 4.71.